The molecule has 0 spiro atoms. The van der Waals surface area contributed by atoms with E-state index in [0.29, 0.717) is 19.1 Å². The highest BCUT2D eigenvalue weighted by Gasteiger charge is 2.28. The lowest BCUT2D eigenvalue weighted by Crippen LogP contribution is -2.32. The van der Waals surface area contributed by atoms with E-state index < -0.39 is 0 Å². The molecule has 1 fully saturated rings. The van der Waals surface area contributed by atoms with Crippen LogP contribution in [0.5, 0.6) is 5.75 Å². The molecule has 1 aromatic carbocycles. The second-order valence-electron chi connectivity index (χ2n) is 4.78. The summed E-state index contributed by atoms with van der Waals surface area (Å²) in [5, 5.41) is 6.26. The third-order valence-corrected chi connectivity index (χ3v) is 3.14. The molecule has 0 aliphatic heterocycles. The summed E-state index contributed by atoms with van der Waals surface area (Å²) >= 11 is 0. The molecule has 0 atom stereocenters. The van der Waals surface area contributed by atoms with E-state index in [9.17, 15) is 4.79 Å². The molecular weight excluding hydrogens is 240 g/mol. The van der Waals surface area contributed by atoms with Crippen LogP contribution in [0.25, 0.3) is 0 Å². The number of ether oxygens (including phenoxy) is 1. The van der Waals surface area contributed by atoms with Crippen LogP contribution in [-0.4, -0.2) is 25.6 Å². The number of para-hydroxylation sites is 1. The molecule has 2 rings (SSSR count). The minimum absolute atomic E-state index is 0.205. The highest BCUT2D eigenvalue weighted by atomic mass is 16.5. The van der Waals surface area contributed by atoms with Gasteiger partial charge < -0.3 is 15.4 Å². The van der Waals surface area contributed by atoms with Gasteiger partial charge in [0.05, 0.1) is 6.61 Å². The molecule has 0 aromatic heterocycles. The monoisotopic (exact) mass is 262 g/mol. The van der Waals surface area contributed by atoms with Crippen molar-refractivity contribution in [3.63, 3.8) is 0 Å². The standard InChI is InChI=1S/C15H22N2O2/c1-2-19-14-6-4-3-5-13(14)11-16-9-10-17-15(18)12-7-8-12/h3-6,12,16H,2,7-11H2,1H3,(H,17,18). The summed E-state index contributed by atoms with van der Waals surface area (Å²) in [6.45, 7) is 4.88. The van der Waals surface area contributed by atoms with Crippen LogP contribution in [0.3, 0.4) is 0 Å². The van der Waals surface area contributed by atoms with E-state index in [1.54, 1.807) is 0 Å². The predicted molar refractivity (Wildman–Crippen MR) is 75.1 cm³/mol. The fourth-order valence-corrected chi connectivity index (χ4v) is 1.93. The van der Waals surface area contributed by atoms with Crippen molar-refractivity contribution in [3.8, 4) is 5.75 Å². The first-order chi connectivity index (χ1) is 9.31. The molecule has 0 bridgehead atoms. The van der Waals surface area contributed by atoms with Gasteiger partial charge in [-0.25, -0.2) is 0 Å². The first-order valence-corrected chi connectivity index (χ1v) is 7.00. The van der Waals surface area contributed by atoms with E-state index in [2.05, 4.69) is 16.7 Å². The Morgan fingerprint density at radius 3 is 2.84 bits per heavy atom. The van der Waals surface area contributed by atoms with Crippen molar-refractivity contribution in [2.24, 2.45) is 5.92 Å². The maximum Gasteiger partial charge on any atom is 0.223 e. The van der Waals surface area contributed by atoms with Crippen molar-refractivity contribution < 1.29 is 9.53 Å². The molecule has 104 valence electrons. The third-order valence-electron chi connectivity index (χ3n) is 3.14. The van der Waals surface area contributed by atoms with Crippen LogP contribution in [0.15, 0.2) is 24.3 Å². The lowest BCUT2D eigenvalue weighted by atomic mass is 10.2. The first-order valence-electron chi connectivity index (χ1n) is 7.00. The van der Waals surface area contributed by atoms with Crippen molar-refractivity contribution in [3.05, 3.63) is 29.8 Å². The van der Waals surface area contributed by atoms with Crippen LogP contribution in [0.1, 0.15) is 25.3 Å². The molecular formula is C15H22N2O2. The van der Waals surface area contributed by atoms with E-state index in [4.69, 9.17) is 4.74 Å². The van der Waals surface area contributed by atoms with Crippen LogP contribution < -0.4 is 15.4 Å². The Morgan fingerprint density at radius 1 is 1.32 bits per heavy atom. The van der Waals surface area contributed by atoms with Gasteiger partial charge in [0.25, 0.3) is 0 Å². The highest BCUT2D eigenvalue weighted by molar-refractivity contribution is 5.80. The van der Waals surface area contributed by atoms with Gasteiger partial charge in [-0.3, -0.25) is 4.79 Å². The smallest absolute Gasteiger partial charge is 0.223 e. The van der Waals surface area contributed by atoms with Crippen molar-refractivity contribution in [2.75, 3.05) is 19.7 Å². The van der Waals surface area contributed by atoms with Crippen molar-refractivity contribution in [1.82, 2.24) is 10.6 Å². The first kappa shape index (κ1) is 13.9. The van der Waals surface area contributed by atoms with Gasteiger partial charge in [0.15, 0.2) is 0 Å². The summed E-state index contributed by atoms with van der Waals surface area (Å²) in [7, 11) is 0. The van der Waals surface area contributed by atoms with Gasteiger partial charge in [0, 0.05) is 31.1 Å². The summed E-state index contributed by atoms with van der Waals surface area (Å²) in [5.74, 6) is 1.43. The topological polar surface area (TPSA) is 50.4 Å². The molecule has 19 heavy (non-hydrogen) atoms. The molecule has 2 N–H and O–H groups in total. The van der Waals surface area contributed by atoms with Crippen LogP contribution >= 0.6 is 0 Å². The number of hydrogen-bond donors (Lipinski definition) is 2. The quantitative estimate of drug-likeness (QED) is 0.701. The van der Waals surface area contributed by atoms with Gasteiger partial charge in [-0.1, -0.05) is 18.2 Å². The second kappa shape index (κ2) is 7.14. The zero-order valence-corrected chi connectivity index (χ0v) is 11.4. The minimum Gasteiger partial charge on any atom is -0.494 e. The van der Waals surface area contributed by atoms with Gasteiger partial charge in [-0.2, -0.15) is 0 Å². The Balaban J connectivity index is 1.65. The van der Waals surface area contributed by atoms with Crippen molar-refractivity contribution in [1.29, 1.82) is 0 Å². The average Bonchev–Trinajstić information content (AvgIpc) is 3.24. The predicted octanol–water partition coefficient (Wildman–Crippen LogP) is 1.70. The lowest BCUT2D eigenvalue weighted by molar-refractivity contribution is -0.122. The normalized spacial score (nSPS) is 14.2. The van der Waals surface area contributed by atoms with E-state index >= 15 is 0 Å². The Hall–Kier alpha value is -1.55. The molecule has 0 saturated heterocycles. The maximum atomic E-state index is 11.4. The molecule has 1 aliphatic rings. The molecule has 1 saturated carbocycles. The molecule has 1 aliphatic carbocycles. The highest BCUT2D eigenvalue weighted by Crippen LogP contribution is 2.28. The number of hydrogen-bond acceptors (Lipinski definition) is 3. The number of amides is 1. The summed E-state index contributed by atoms with van der Waals surface area (Å²) in [6.07, 6.45) is 2.11. The third kappa shape index (κ3) is 4.56. The van der Waals surface area contributed by atoms with Crippen LogP contribution in [0, 0.1) is 5.92 Å². The molecule has 1 amide bonds. The number of benzene rings is 1. The Morgan fingerprint density at radius 2 is 2.11 bits per heavy atom. The number of nitrogens with one attached hydrogen (secondary N) is 2. The molecule has 1 aromatic rings. The average molecular weight is 262 g/mol. The van der Waals surface area contributed by atoms with Gasteiger partial charge in [-0.05, 0) is 25.8 Å². The molecule has 0 unspecified atom stereocenters. The number of rotatable bonds is 8. The Labute approximate surface area is 114 Å². The SMILES string of the molecule is CCOc1ccccc1CNCCNC(=O)C1CC1. The molecule has 4 heteroatoms. The van der Waals surface area contributed by atoms with Crippen LogP contribution in [0.2, 0.25) is 0 Å². The van der Waals surface area contributed by atoms with Gasteiger partial charge in [0.2, 0.25) is 5.91 Å². The zero-order valence-electron chi connectivity index (χ0n) is 11.4. The van der Waals surface area contributed by atoms with E-state index in [-0.39, 0.29) is 5.91 Å². The zero-order chi connectivity index (χ0) is 13.5. The summed E-state index contributed by atoms with van der Waals surface area (Å²) in [6, 6.07) is 8.02. The maximum absolute atomic E-state index is 11.4. The number of carbonyl (C=O) groups is 1. The lowest BCUT2D eigenvalue weighted by Gasteiger charge is -2.11. The molecule has 4 nitrogen and oxygen atoms in total. The molecule has 0 radical (unpaired) electrons. The summed E-state index contributed by atoms with van der Waals surface area (Å²) in [5.41, 5.74) is 1.15. The Kier molecular flexibility index (Phi) is 5.21. The fraction of sp³-hybridized carbons (Fsp3) is 0.533. The van der Waals surface area contributed by atoms with E-state index in [1.165, 1.54) is 0 Å². The van der Waals surface area contributed by atoms with Gasteiger partial charge in [-0.15, -0.1) is 0 Å². The van der Waals surface area contributed by atoms with Gasteiger partial charge >= 0.3 is 0 Å². The van der Waals surface area contributed by atoms with E-state index in [0.717, 1.165) is 37.2 Å². The van der Waals surface area contributed by atoms with Crippen LogP contribution in [-0.2, 0) is 11.3 Å². The van der Waals surface area contributed by atoms with Crippen molar-refractivity contribution in [2.45, 2.75) is 26.3 Å². The summed E-state index contributed by atoms with van der Waals surface area (Å²) < 4.78 is 5.56. The Bertz CT molecular complexity index is 416. The summed E-state index contributed by atoms with van der Waals surface area (Å²) in [4.78, 5) is 11.4. The fourth-order valence-electron chi connectivity index (χ4n) is 1.93. The largest absolute Gasteiger partial charge is 0.494 e. The molecule has 0 heterocycles. The van der Waals surface area contributed by atoms with Gasteiger partial charge in [0.1, 0.15) is 5.75 Å². The van der Waals surface area contributed by atoms with E-state index in [1.807, 2.05) is 25.1 Å². The minimum atomic E-state index is 0.205. The van der Waals surface area contributed by atoms with Crippen molar-refractivity contribution >= 4 is 5.91 Å². The number of carbonyl (C=O) groups excluding carboxylic acids is 1. The second-order valence-corrected chi connectivity index (χ2v) is 4.78. The van der Waals surface area contributed by atoms with Crippen LogP contribution in [0.4, 0.5) is 0 Å².